The number of ether oxygens (including phenoxy) is 2. The third-order valence-electron chi connectivity index (χ3n) is 7.82. The van der Waals surface area contributed by atoms with E-state index in [1.807, 2.05) is 12.1 Å². The summed E-state index contributed by atoms with van der Waals surface area (Å²) in [6.45, 7) is 1.82. The van der Waals surface area contributed by atoms with Crippen molar-refractivity contribution in [3.8, 4) is 5.75 Å². The van der Waals surface area contributed by atoms with E-state index in [9.17, 15) is 9.18 Å². The Bertz CT molecular complexity index is 785. The van der Waals surface area contributed by atoms with Gasteiger partial charge in [-0.1, -0.05) is 18.6 Å². The van der Waals surface area contributed by atoms with E-state index in [0.29, 0.717) is 11.9 Å². The Balaban J connectivity index is 0.00000289. The summed E-state index contributed by atoms with van der Waals surface area (Å²) in [5, 5.41) is 3.35. The minimum Gasteiger partial charge on any atom is -0.489 e. The van der Waals surface area contributed by atoms with Crippen molar-refractivity contribution in [1.29, 1.82) is 0 Å². The van der Waals surface area contributed by atoms with Gasteiger partial charge in [0.25, 0.3) is 0 Å². The van der Waals surface area contributed by atoms with Crippen LogP contribution in [0.1, 0.15) is 63.4 Å². The Morgan fingerprint density at radius 1 is 1.12 bits per heavy atom. The fourth-order valence-corrected chi connectivity index (χ4v) is 5.64. The third kappa shape index (κ3) is 5.29. The van der Waals surface area contributed by atoms with Gasteiger partial charge in [-0.05, 0) is 74.5 Å². The van der Waals surface area contributed by atoms with Crippen LogP contribution in [-0.4, -0.2) is 38.3 Å². The second-order valence-electron chi connectivity index (χ2n) is 9.56. The molecule has 1 aliphatic heterocycles. The summed E-state index contributed by atoms with van der Waals surface area (Å²) in [6.07, 6.45) is 9.59. The molecule has 3 N–H and O–H groups in total. The number of amides is 1. The lowest BCUT2D eigenvalue weighted by Gasteiger charge is -2.43. The van der Waals surface area contributed by atoms with Gasteiger partial charge >= 0.3 is 0 Å². The van der Waals surface area contributed by atoms with Gasteiger partial charge in [-0.2, -0.15) is 0 Å². The van der Waals surface area contributed by atoms with Gasteiger partial charge < -0.3 is 20.5 Å². The number of carbonyl (C=O) groups excluding carboxylic acids is 1. The summed E-state index contributed by atoms with van der Waals surface area (Å²) in [5.41, 5.74) is 7.21. The molecule has 2 bridgehead atoms. The molecule has 3 saturated carbocycles. The molecular weight excluding hydrogens is 431 g/mol. The fourth-order valence-electron chi connectivity index (χ4n) is 5.64. The van der Waals surface area contributed by atoms with E-state index in [4.69, 9.17) is 15.2 Å². The van der Waals surface area contributed by atoms with E-state index < -0.39 is 0 Å². The first-order chi connectivity index (χ1) is 15.1. The van der Waals surface area contributed by atoms with Crippen LogP contribution in [0.15, 0.2) is 36.2 Å². The average molecular weight is 467 g/mol. The summed E-state index contributed by atoms with van der Waals surface area (Å²) < 4.78 is 23.8. The minimum absolute atomic E-state index is 0. The summed E-state index contributed by atoms with van der Waals surface area (Å²) in [4.78, 5) is 13.3. The number of rotatable bonds is 7. The van der Waals surface area contributed by atoms with Gasteiger partial charge in [0.2, 0.25) is 5.91 Å². The van der Waals surface area contributed by atoms with E-state index in [-0.39, 0.29) is 48.3 Å². The lowest BCUT2D eigenvalue weighted by Crippen LogP contribution is -2.49. The first-order valence-corrected chi connectivity index (χ1v) is 11.7. The molecule has 5 rings (SSSR count). The highest BCUT2D eigenvalue weighted by atomic mass is 35.5. The molecule has 0 radical (unpaired) electrons. The number of benzene rings is 1. The molecule has 178 valence electrons. The highest BCUT2D eigenvalue weighted by Crippen LogP contribution is 2.55. The van der Waals surface area contributed by atoms with Crippen LogP contribution in [-0.2, 0) is 14.9 Å². The molecule has 5 nitrogen and oxygen atoms in total. The summed E-state index contributed by atoms with van der Waals surface area (Å²) >= 11 is 0. The molecule has 0 atom stereocenters. The predicted molar refractivity (Wildman–Crippen MR) is 126 cm³/mol. The zero-order valence-electron chi connectivity index (χ0n) is 18.7. The zero-order chi connectivity index (χ0) is 21.7. The number of nitrogens with two attached hydrogens (primary N) is 1. The maximum absolute atomic E-state index is 13.3. The third-order valence-corrected chi connectivity index (χ3v) is 7.82. The molecule has 1 aromatic rings. The van der Waals surface area contributed by atoms with E-state index in [2.05, 4.69) is 17.4 Å². The smallest absolute Gasteiger partial charge is 0.226 e. The first kappa shape index (κ1) is 25.0. The summed E-state index contributed by atoms with van der Waals surface area (Å²) in [5.74, 6) is 0.998. The Kier molecular flexibility index (Phi) is 8.59. The molecule has 0 aromatic heterocycles. The Labute approximate surface area is 196 Å². The van der Waals surface area contributed by atoms with Crippen LogP contribution in [0, 0.1) is 5.41 Å². The van der Waals surface area contributed by atoms with Gasteiger partial charge in [0.05, 0.1) is 6.33 Å². The maximum atomic E-state index is 13.3. The topological polar surface area (TPSA) is 73.6 Å². The molecule has 4 aliphatic rings. The Morgan fingerprint density at radius 3 is 2.44 bits per heavy atom. The van der Waals surface area contributed by atoms with Crippen LogP contribution < -0.4 is 15.8 Å². The Morgan fingerprint density at radius 2 is 1.81 bits per heavy atom. The monoisotopic (exact) mass is 466 g/mol. The van der Waals surface area contributed by atoms with Crippen molar-refractivity contribution >= 4 is 18.3 Å². The predicted octanol–water partition coefficient (Wildman–Crippen LogP) is 4.58. The fraction of sp³-hybridized carbons (Fsp3) is 0.640. The van der Waals surface area contributed by atoms with Crippen LogP contribution >= 0.6 is 12.4 Å². The van der Waals surface area contributed by atoms with E-state index in [0.717, 1.165) is 76.8 Å². The van der Waals surface area contributed by atoms with E-state index in [1.165, 1.54) is 5.56 Å². The van der Waals surface area contributed by atoms with Crippen molar-refractivity contribution in [2.24, 2.45) is 11.1 Å². The summed E-state index contributed by atoms with van der Waals surface area (Å²) in [7, 11) is 0. The summed E-state index contributed by atoms with van der Waals surface area (Å²) in [6, 6.07) is 8.51. The zero-order valence-corrected chi connectivity index (χ0v) is 19.6. The van der Waals surface area contributed by atoms with Gasteiger partial charge in [0.15, 0.2) is 0 Å². The lowest BCUT2D eigenvalue weighted by atomic mass is 9.62. The van der Waals surface area contributed by atoms with Gasteiger partial charge in [-0.25, -0.2) is 4.39 Å². The lowest BCUT2D eigenvalue weighted by molar-refractivity contribution is -0.134. The van der Waals surface area contributed by atoms with Crippen molar-refractivity contribution in [3.63, 3.8) is 0 Å². The molecular formula is C25H36ClFN2O3. The number of carbonyl (C=O) groups is 1. The van der Waals surface area contributed by atoms with Crippen LogP contribution in [0.2, 0.25) is 0 Å². The van der Waals surface area contributed by atoms with Gasteiger partial charge in [0, 0.05) is 36.8 Å². The van der Waals surface area contributed by atoms with Gasteiger partial charge in [-0.3, -0.25) is 4.79 Å². The van der Waals surface area contributed by atoms with Crippen LogP contribution in [0.3, 0.4) is 0 Å². The van der Waals surface area contributed by atoms with Crippen molar-refractivity contribution in [2.75, 3.05) is 26.4 Å². The first-order valence-electron chi connectivity index (χ1n) is 11.7. The largest absolute Gasteiger partial charge is 0.489 e. The van der Waals surface area contributed by atoms with Crippen molar-refractivity contribution in [2.45, 2.75) is 69.2 Å². The van der Waals surface area contributed by atoms with Crippen LogP contribution in [0.25, 0.3) is 0 Å². The molecule has 32 heavy (non-hydrogen) atoms. The van der Waals surface area contributed by atoms with Crippen molar-refractivity contribution < 1.29 is 18.7 Å². The number of hydrogen-bond donors (Lipinski definition) is 2. The van der Waals surface area contributed by atoms with Crippen molar-refractivity contribution in [3.05, 3.63) is 41.7 Å². The number of hydrogen-bond acceptors (Lipinski definition) is 4. The highest BCUT2D eigenvalue weighted by Gasteiger charge is 2.50. The SMILES string of the molecule is Cl.NCC(=CF)COc1ccc(C23CCCC(C(=O)NC4CCOCC4)(CC2)CC3)cc1. The van der Waals surface area contributed by atoms with Crippen molar-refractivity contribution in [1.82, 2.24) is 5.32 Å². The standard InChI is InChI=1S/C25H35FN2O3.ClH/c26-16-19(17-27)18-31-22-4-2-20(3-5-22)24-8-1-9-25(12-10-24,13-11-24)23(29)28-21-6-14-30-15-7-21;/h2-5,16,21H,1,6-15,17-18,27H2,(H,28,29);1H. The number of halogens is 2. The number of nitrogens with one attached hydrogen (secondary N) is 1. The molecule has 4 fully saturated rings. The highest BCUT2D eigenvalue weighted by molar-refractivity contribution is 5.85. The second kappa shape index (κ2) is 11.0. The molecule has 0 spiro atoms. The molecule has 7 heteroatoms. The minimum atomic E-state index is -0.196. The molecule has 0 unspecified atom stereocenters. The molecule has 1 amide bonds. The van der Waals surface area contributed by atoms with Gasteiger partial charge in [-0.15, -0.1) is 12.4 Å². The normalized spacial score (nSPS) is 28.5. The quantitative estimate of drug-likeness (QED) is 0.617. The van der Waals surface area contributed by atoms with Crippen LogP contribution in [0.5, 0.6) is 5.75 Å². The molecule has 1 saturated heterocycles. The van der Waals surface area contributed by atoms with Crippen LogP contribution in [0.4, 0.5) is 4.39 Å². The molecule has 1 heterocycles. The van der Waals surface area contributed by atoms with E-state index >= 15 is 0 Å². The van der Waals surface area contributed by atoms with Gasteiger partial charge in [0.1, 0.15) is 12.4 Å². The maximum Gasteiger partial charge on any atom is 0.226 e. The molecule has 3 aliphatic carbocycles. The average Bonchev–Trinajstić information content (AvgIpc) is 3.13. The van der Waals surface area contributed by atoms with E-state index in [1.54, 1.807) is 0 Å². The number of fused-ring (bicyclic) bond motifs is 4. The molecule has 1 aromatic carbocycles. The second-order valence-corrected chi connectivity index (χ2v) is 9.56. The Hall–Kier alpha value is -1.63.